The van der Waals surface area contributed by atoms with Crippen LogP contribution in [0.4, 0.5) is 5.69 Å². The maximum absolute atomic E-state index is 12.7. The summed E-state index contributed by atoms with van der Waals surface area (Å²) in [5.41, 5.74) is 2.00. The average Bonchev–Trinajstić information content (AvgIpc) is 3.13. The molecule has 1 heterocycles. The zero-order chi connectivity index (χ0) is 19.9. The molecule has 4 nitrogen and oxygen atoms in total. The Morgan fingerprint density at radius 1 is 1.04 bits per heavy atom. The molecule has 6 heteroatoms. The standard InChI is InChI=1S/C22H21NO3S2/c1-3-26-22(25)20-18(14-19(28-20)15-8-6-5-7-9-15)23-21(24)16-10-12-17(13-11-16)27-4-2/h5-14H,3-4H2,1-2H3,(H,23,24). The minimum absolute atomic E-state index is 0.254. The van der Waals surface area contributed by atoms with E-state index in [9.17, 15) is 9.59 Å². The summed E-state index contributed by atoms with van der Waals surface area (Å²) >= 11 is 3.04. The predicted molar refractivity (Wildman–Crippen MR) is 117 cm³/mol. The number of nitrogens with one attached hydrogen (secondary N) is 1. The molecule has 1 amide bonds. The van der Waals surface area contributed by atoms with Crippen molar-refractivity contribution in [3.05, 3.63) is 71.1 Å². The Kier molecular flexibility index (Phi) is 6.90. The number of amides is 1. The van der Waals surface area contributed by atoms with Crippen LogP contribution in [0.2, 0.25) is 0 Å². The molecule has 0 aliphatic carbocycles. The molecular formula is C22H21NO3S2. The molecule has 0 saturated heterocycles. The number of thioether (sulfide) groups is 1. The molecule has 0 aliphatic rings. The van der Waals surface area contributed by atoms with Crippen molar-refractivity contribution in [1.82, 2.24) is 0 Å². The molecule has 144 valence electrons. The first-order valence-electron chi connectivity index (χ1n) is 9.03. The van der Waals surface area contributed by atoms with Crippen LogP contribution in [-0.2, 0) is 4.74 Å². The molecule has 3 aromatic rings. The Balaban J connectivity index is 1.87. The van der Waals surface area contributed by atoms with Crippen molar-refractivity contribution in [2.45, 2.75) is 18.7 Å². The SMILES string of the molecule is CCOC(=O)c1sc(-c2ccccc2)cc1NC(=O)c1ccc(SCC)cc1. The zero-order valence-electron chi connectivity index (χ0n) is 15.7. The van der Waals surface area contributed by atoms with Gasteiger partial charge in [0.2, 0.25) is 0 Å². The molecule has 0 fully saturated rings. The number of esters is 1. The molecule has 3 rings (SSSR count). The molecular weight excluding hydrogens is 390 g/mol. The highest BCUT2D eigenvalue weighted by Crippen LogP contribution is 2.35. The van der Waals surface area contributed by atoms with E-state index in [1.807, 2.05) is 48.5 Å². The van der Waals surface area contributed by atoms with E-state index in [1.165, 1.54) is 11.3 Å². The van der Waals surface area contributed by atoms with Crippen LogP contribution in [0.5, 0.6) is 0 Å². The first-order valence-corrected chi connectivity index (χ1v) is 10.8. The topological polar surface area (TPSA) is 55.4 Å². The van der Waals surface area contributed by atoms with Crippen LogP contribution in [0.3, 0.4) is 0 Å². The highest BCUT2D eigenvalue weighted by molar-refractivity contribution is 7.99. The van der Waals surface area contributed by atoms with Crippen LogP contribution >= 0.6 is 23.1 Å². The van der Waals surface area contributed by atoms with Crippen LogP contribution in [0.1, 0.15) is 33.9 Å². The summed E-state index contributed by atoms with van der Waals surface area (Å²) in [4.78, 5) is 27.5. The number of hydrogen-bond donors (Lipinski definition) is 1. The van der Waals surface area contributed by atoms with Crippen molar-refractivity contribution in [2.24, 2.45) is 0 Å². The van der Waals surface area contributed by atoms with Crippen molar-refractivity contribution < 1.29 is 14.3 Å². The third kappa shape index (κ3) is 4.82. The van der Waals surface area contributed by atoms with Gasteiger partial charge in [-0.15, -0.1) is 23.1 Å². The number of carbonyl (C=O) groups excluding carboxylic acids is 2. The highest BCUT2D eigenvalue weighted by Gasteiger charge is 2.20. The normalized spacial score (nSPS) is 10.5. The van der Waals surface area contributed by atoms with Crippen LogP contribution in [-0.4, -0.2) is 24.2 Å². The van der Waals surface area contributed by atoms with E-state index in [2.05, 4.69) is 12.2 Å². The fourth-order valence-electron chi connectivity index (χ4n) is 2.64. The molecule has 28 heavy (non-hydrogen) atoms. The van der Waals surface area contributed by atoms with Gasteiger partial charge in [0, 0.05) is 15.3 Å². The molecule has 2 aromatic carbocycles. The third-order valence-corrected chi connectivity index (χ3v) is 5.99. The van der Waals surface area contributed by atoms with Crippen LogP contribution < -0.4 is 5.32 Å². The van der Waals surface area contributed by atoms with E-state index in [0.717, 1.165) is 21.1 Å². The number of rotatable bonds is 7. The smallest absolute Gasteiger partial charge is 0.350 e. The van der Waals surface area contributed by atoms with Crippen LogP contribution in [0, 0.1) is 0 Å². The van der Waals surface area contributed by atoms with Crippen molar-refractivity contribution >= 4 is 40.7 Å². The number of thiophene rings is 1. The summed E-state index contributed by atoms with van der Waals surface area (Å²) in [6.07, 6.45) is 0. The van der Waals surface area contributed by atoms with Crippen LogP contribution in [0.25, 0.3) is 10.4 Å². The van der Waals surface area contributed by atoms with Crippen molar-refractivity contribution in [1.29, 1.82) is 0 Å². The molecule has 1 aromatic heterocycles. The largest absolute Gasteiger partial charge is 0.462 e. The quantitative estimate of drug-likeness (QED) is 0.385. The Morgan fingerprint density at radius 3 is 2.39 bits per heavy atom. The second-order valence-corrected chi connectivity index (χ2v) is 8.24. The Bertz CT molecular complexity index is 950. The maximum Gasteiger partial charge on any atom is 0.350 e. The Labute approximate surface area is 172 Å². The first-order chi connectivity index (χ1) is 13.6. The fraction of sp³-hybridized carbons (Fsp3) is 0.182. The van der Waals surface area contributed by atoms with Crippen molar-refractivity contribution in [3.8, 4) is 10.4 Å². The molecule has 0 spiro atoms. The van der Waals surface area contributed by atoms with Gasteiger partial charge >= 0.3 is 5.97 Å². The van der Waals surface area contributed by atoms with E-state index in [-0.39, 0.29) is 12.5 Å². The highest BCUT2D eigenvalue weighted by atomic mass is 32.2. The number of benzene rings is 2. The Morgan fingerprint density at radius 2 is 1.75 bits per heavy atom. The minimum Gasteiger partial charge on any atom is -0.462 e. The van der Waals surface area contributed by atoms with E-state index in [4.69, 9.17) is 4.74 Å². The summed E-state index contributed by atoms with van der Waals surface area (Å²) < 4.78 is 5.17. The average molecular weight is 412 g/mol. The number of ether oxygens (including phenoxy) is 1. The van der Waals surface area contributed by atoms with Gasteiger partial charge in [-0.05, 0) is 48.6 Å². The molecule has 0 atom stereocenters. The van der Waals surface area contributed by atoms with Gasteiger partial charge in [0.05, 0.1) is 12.3 Å². The number of anilines is 1. The maximum atomic E-state index is 12.7. The molecule has 0 saturated carbocycles. The van der Waals surface area contributed by atoms with E-state index in [0.29, 0.717) is 16.1 Å². The summed E-state index contributed by atoms with van der Waals surface area (Å²) in [5.74, 6) is 0.293. The Hall–Kier alpha value is -2.57. The van der Waals surface area contributed by atoms with Gasteiger partial charge in [-0.25, -0.2) is 4.79 Å². The lowest BCUT2D eigenvalue weighted by Crippen LogP contribution is -2.14. The molecule has 0 radical (unpaired) electrons. The molecule has 0 aliphatic heterocycles. The summed E-state index contributed by atoms with van der Waals surface area (Å²) in [5, 5.41) is 2.87. The van der Waals surface area contributed by atoms with Gasteiger partial charge in [0.1, 0.15) is 4.88 Å². The second kappa shape index (κ2) is 9.57. The summed E-state index contributed by atoms with van der Waals surface area (Å²) in [6, 6.07) is 19.0. The summed E-state index contributed by atoms with van der Waals surface area (Å²) in [6.45, 7) is 4.13. The van der Waals surface area contributed by atoms with Gasteiger partial charge < -0.3 is 10.1 Å². The van der Waals surface area contributed by atoms with Gasteiger partial charge in [-0.2, -0.15) is 0 Å². The van der Waals surface area contributed by atoms with E-state index < -0.39 is 5.97 Å². The molecule has 0 bridgehead atoms. The van der Waals surface area contributed by atoms with Gasteiger partial charge in [-0.1, -0.05) is 37.3 Å². The molecule has 0 unspecified atom stereocenters. The third-order valence-electron chi connectivity index (χ3n) is 3.93. The first kappa shape index (κ1) is 20.2. The van der Waals surface area contributed by atoms with Crippen LogP contribution in [0.15, 0.2) is 65.6 Å². The minimum atomic E-state index is -0.431. The number of carbonyl (C=O) groups is 2. The summed E-state index contributed by atoms with van der Waals surface area (Å²) in [7, 11) is 0. The fourth-order valence-corrected chi connectivity index (χ4v) is 4.32. The zero-order valence-corrected chi connectivity index (χ0v) is 17.4. The van der Waals surface area contributed by atoms with Crippen molar-refractivity contribution in [3.63, 3.8) is 0 Å². The van der Waals surface area contributed by atoms with Crippen molar-refractivity contribution in [2.75, 3.05) is 17.7 Å². The van der Waals surface area contributed by atoms with Gasteiger partial charge in [-0.3, -0.25) is 4.79 Å². The second-order valence-electron chi connectivity index (χ2n) is 5.85. The van der Waals surface area contributed by atoms with E-state index in [1.54, 1.807) is 30.8 Å². The van der Waals surface area contributed by atoms with Gasteiger partial charge in [0.15, 0.2) is 0 Å². The lowest BCUT2D eigenvalue weighted by atomic mass is 10.2. The predicted octanol–water partition coefficient (Wildman–Crippen LogP) is 5.96. The monoisotopic (exact) mass is 411 g/mol. The lowest BCUT2D eigenvalue weighted by Gasteiger charge is -2.07. The van der Waals surface area contributed by atoms with Gasteiger partial charge in [0.25, 0.3) is 5.91 Å². The number of hydrogen-bond acceptors (Lipinski definition) is 5. The molecule has 1 N–H and O–H groups in total. The lowest BCUT2D eigenvalue weighted by molar-refractivity contribution is 0.0533. The van der Waals surface area contributed by atoms with E-state index >= 15 is 0 Å².